The molecule has 0 saturated heterocycles. The van der Waals surface area contributed by atoms with Gasteiger partial charge in [-0.15, -0.1) is 0 Å². The summed E-state index contributed by atoms with van der Waals surface area (Å²) >= 11 is 5.24. The number of halogens is 1. The number of aromatic hydroxyl groups is 1. The Morgan fingerprint density at radius 3 is 3.00 bits per heavy atom. The van der Waals surface area contributed by atoms with Crippen LogP contribution in [0.1, 0.15) is 10.4 Å². The van der Waals surface area contributed by atoms with Crippen molar-refractivity contribution in [2.24, 2.45) is 0 Å². The number of imidazole rings is 1. The fraction of sp³-hybridized carbons (Fsp3) is 0. The molecule has 4 nitrogen and oxygen atoms in total. The molecule has 0 spiro atoms. The number of hydrogen-bond acceptors (Lipinski definition) is 3. The molecule has 0 saturated carbocycles. The van der Waals surface area contributed by atoms with Crippen molar-refractivity contribution >= 4 is 27.9 Å². The number of phenolic OH excluding ortho intramolecular Hbond substituents is 1. The van der Waals surface area contributed by atoms with E-state index < -0.39 is 5.24 Å². The Balaban J connectivity index is 2.76. The highest BCUT2D eigenvalue weighted by Crippen LogP contribution is 2.23. The summed E-state index contributed by atoms with van der Waals surface area (Å²) in [5.41, 5.74) is 1.35. The highest BCUT2D eigenvalue weighted by molar-refractivity contribution is 6.68. The fourth-order valence-corrected chi connectivity index (χ4v) is 1.28. The molecule has 0 aliphatic rings. The molecule has 0 unspecified atom stereocenters. The minimum absolute atomic E-state index is 0.0819. The van der Waals surface area contributed by atoms with Crippen LogP contribution in [0.2, 0.25) is 0 Å². The summed E-state index contributed by atoms with van der Waals surface area (Å²) in [7, 11) is 0. The first-order valence-electron chi connectivity index (χ1n) is 3.54. The molecule has 0 radical (unpaired) electrons. The number of carbonyl (C=O) groups excluding carboxylic acids is 1. The van der Waals surface area contributed by atoms with Gasteiger partial charge in [0.25, 0.3) is 5.24 Å². The lowest BCUT2D eigenvalue weighted by atomic mass is 10.2. The van der Waals surface area contributed by atoms with Crippen LogP contribution in [0.25, 0.3) is 11.0 Å². The molecular formula is C8H5ClN2O2. The van der Waals surface area contributed by atoms with Gasteiger partial charge in [-0.1, -0.05) is 0 Å². The van der Waals surface area contributed by atoms with E-state index >= 15 is 0 Å². The van der Waals surface area contributed by atoms with Gasteiger partial charge in [0, 0.05) is 6.07 Å². The zero-order chi connectivity index (χ0) is 9.42. The first-order valence-corrected chi connectivity index (χ1v) is 3.92. The van der Waals surface area contributed by atoms with E-state index in [2.05, 4.69) is 9.97 Å². The molecule has 0 aliphatic heterocycles. The summed E-state index contributed by atoms with van der Waals surface area (Å²) < 4.78 is 0. The monoisotopic (exact) mass is 196 g/mol. The van der Waals surface area contributed by atoms with Crippen LogP contribution in [0.3, 0.4) is 0 Å². The zero-order valence-electron chi connectivity index (χ0n) is 6.41. The van der Waals surface area contributed by atoms with Crippen molar-refractivity contribution in [3.05, 3.63) is 24.0 Å². The lowest BCUT2D eigenvalue weighted by Gasteiger charge is -1.97. The second-order valence-electron chi connectivity index (χ2n) is 2.56. The number of carbonyl (C=O) groups is 1. The molecule has 0 amide bonds. The zero-order valence-corrected chi connectivity index (χ0v) is 7.17. The Morgan fingerprint density at radius 2 is 2.31 bits per heavy atom. The molecule has 66 valence electrons. The van der Waals surface area contributed by atoms with Crippen LogP contribution in [0.5, 0.6) is 5.75 Å². The van der Waals surface area contributed by atoms with Gasteiger partial charge in [0.1, 0.15) is 5.75 Å². The van der Waals surface area contributed by atoms with Crippen molar-refractivity contribution in [1.82, 2.24) is 9.97 Å². The molecule has 0 bridgehead atoms. The first-order chi connectivity index (χ1) is 6.18. The molecule has 0 atom stereocenters. The highest BCUT2D eigenvalue weighted by Gasteiger charge is 2.10. The van der Waals surface area contributed by atoms with Gasteiger partial charge in [-0.25, -0.2) is 4.98 Å². The number of fused-ring (bicyclic) bond motifs is 1. The minimum atomic E-state index is -0.686. The molecule has 13 heavy (non-hydrogen) atoms. The van der Waals surface area contributed by atoms with Crippen LogP contribution in [-0.4, -0.2) is 20.3 Å². The van der Waals surface area contributed by atoms with Crippen molar-refractivity contribution in [1.29, 1.82) is 0 Å². The number of H-pyrrole nitrogens is 1. The summed E-state index contributed by atoms with van der Waals surface area (Å²) in [6.07, 6.45) is 1.48. The number of benzene rings is 1. The van der Waals surface area contributed by atoms with Crippen molar-refractivity contribution in [3.8, 4) is 5.75 Å². The van der Waals surface area contributed by atoms with E-state index in [1.165, 1.54) is 18.5 Å². The van der Waals surface area contributed by atoms with E-state index in [-0.39, 0.29) is 11.3 Å². The van der Waals surface area contributed by atoms with Crippen LogP contribution in [0.4, 0.5) is 0 Å². The van der Waals surface area contributed by atoms with Crippen LogP contribution in [0, 0.1) is 0 Å². The van der Waals surface area contributed by atoms with E-state index in [0.717, 1.165) is 0 Å². The number of aromatic nitrogens is 2. The summed E-state index contributed by atoms with van der Waals surface area (Å²) in [5.74, 6) is -0.153. The van der Waals surface area contributed by atoms with Crippen molar-refractivity contribution in [2.75, 3.05) is 0 Å². The standard InChI is InChI=1S/C8H5ClN2O2/c9-8(13)4-1-5-6(2-7(4)12)11-3-10-5/h1-3,12H,(H,10,11). The molecule has 1 heterocycles. The van der Waals surface area contributed by atoms with E-state index in [9.17, 15) is 9.90 Å². The Bertz CT molecular complexity index is 478. The molecule has 5 heteroatoms. The van der Waals surface area contributed by atoms with Gasteiger partial charge in [0.2, 0.25) is 0 Å². The summed E-state index contributed by atoms with van der Waals surface area (Å²) in [6, 6.07) is 2.86. The molecule has 0 aliphatic carbocycles. The molecular weight excluding hydrogens is 192 g/mol. The van der Waals surface area contributed by atoms with Gasteiger partial charge in [0.15, 0.2) is 0 Å². The quantitative estimate of drug-likeness (QED) is 0.682. The fourth-order valence-electron chi connectivity index (χ4n) is 1.13. The predicted octanol–water partition coefficient (Wildman–Crippen LogP) is 1.65. The average Bonchev–Trinajstić information content (AvgIpc) is 2.48. The van der Waals surface area contributed by atoms with E-state index in [4.69, 9.17) is 11.6 Å². The van der Waals surface area contributed by atoms with Crippen molar-refractivity contribution in [3.63, 3.8) is 0 Å². The van der Waals surface area contributed by atoms with Gasteiger partial charge < -0.3 is 10.1 Å². The van der Waals surface area contributed by atoms with Gasteiger partial charge >= 0.3 is 0 Å². The van der Waals surface area contributed by atoms with Gasteiger partial charge in [-0.05, 0) is 17.7 Å². The summed E-state index contributed by atoms with van der Waals surface area (Å²) in [4.78, 5) is 17.5. The molecule has 2 N–H and O–H groups in total. The average molecular weight is 197 g/mol. The van der Waals surface area contributed by atoms with Gasteiger partial charge in [-0.2, -0.15) is 0 Å². The maximum absolute atomic E-state index is 10.8. The topological polar surface area (TPSA) is 66.0 Å². The number of phenols is 1. The third-order valence-corrected chi connectivity index (χ3v) is 1.95. The SMILES string of the molecule is O=C(Cl)c1cc2[nH]cnc2cc1O. The maximum atomic E-state index is 10.8. The predicted molar refractivity (Wildman–Crippen MR) is 47.9 cm³/mol. The summed E-state index contributed by atoms with van der Waals surface area (Å²) in [6.45, 7) is 0. The Hall–Kier alpha value is -1.55. The number of rotatable bonds is 1. The van der Waals surface area contributed by atoms with Crippen molar-refractivity contribution in [2.45, 2.75) is 0 Å². The minimum Gasteiger partial charge on any atom is -0.507 e. The largest absolute Gasteiger partial charge is 0.507 e. The van der Waals surface area contributed by atoms with Crippen molar-refractivity contribution < 1.29 is 9.90 Å². The molecule has 2 rings (SSSR count). The van der Waals surface area contributed by atoms with Crippen LogP contribution < -0.4 is 0 Å². The number of aromatic amines is 1. The number of nitrogens with zero attached hydrogens (tertiary/aromatic N) is 1. The normalized spacial score (nSPS) is 10.5. The molecule has 0 fully saturated rings. The maximum Gasteiger partial charge on any atom is 0.256 e. The number of nitrogens with one attached hydrogen (secondary N) is 1. The number of hydrogen-bond donors (Lipinski definition) is 2. The Kier molecular flexibility index (Phi) is 1.70. The second kappa shape index (κ2) is 2.74. The van der Waals surface area contributed by atoms with Crippen LogP contribution >= 0.6 is 11.6 Å². The summed E-state index contributed by atoms with van der Waals surface area (Å²) in [5, 5.41) is 8.65. The lowest BCUT2D eigenvalue weighted by Crippen LogP contribution is -1.89. The van der Waals surface area contributed by atoms with E-state index in [1.807, 2.05) is 0 Å². The van der Waals surface area contributed by atoms with Gasteiger partial charge in [-0.3, -0.25) is 4.79 Å². The van der Waals surface area contributed by atoms with E-state index in [0.29, 0.717) is 11.0 Å². The molecule has 2 aromatic rings. The third-order valence-electron chi connectivity index (χ3n) is 1.75. The molecule has 1 aromatic carbocycles. The van der Waals surface area contributed by atoms with E-state index in [1.54, 1.807) is 0 Å². The first kappa shape index (κ1) is 8.07. The van der Waals surface area contributed by atoms with Crippen LogP contribution in [0.15, 0.2) is 18.5 Å². The Morgan fingerprint density at radius 1 is 1.54 bits per heavy atom. The molecule has 1 aromatic heterocycles. The van der Waals surface area contributed by atoms with Crippen LogP contribution in [-0.2, 0) is 0 Å². The third kappa shape index (κ3) is 1.25. The highest BCUT2D eigenvalue weighted by atomic mass is 35.5. The Labute approximate surface area is 78.2 Å². The second-order valence-corrected chi connectivity index (χ2v) is 2.91. The lowest BCUT2D eigenvalue weighted by molar-refractivity contribution is 0.107. The van der Waals surface area contributed by atoms with Gasteiger partial charge in [0.05, 0.1) is 22.9 Å². The smallest absolute Gasteiger partial charge is 0.256 e.